The molecule has 1 saturated heterocycles. The van der Waals surface area contributed by atoms with Crippen LogP contribution in [0, 0.1) is 0 Å². The van der Waals surface area contributed by atoms with E-state index in [-0.39, 0.29) is 22.0 Å². The Bertz CT molecular complexity index is 1240. The first-order chi connectivity index (χ1) is 18.2. The van der Waals surface area contributed by atoms with Crippen LogP contribution in [-0.4, -0.2) is 97.5 Å². The van der Waals surface area contributed by atoms with E-state index in [1.165, 1.54) is 14.2 Å². The van der Waals surface area contributed by atoms with Crippen LogP contribution >= 0.6 is 23.2 Å². The van der Waals surface area contributed by atoms with Crippen LogP contribution in [0.25, 0.3) is 11.6 Å². The zero-order valence-corrected chi connectivity index (χ0v) is 23.5. The number of anilines is 2. The Morgan fingerprint density at radius 2 is 1.92 bits per heavy atom. The number of hydrogen-bond acceptors (Lipinski definition) is 9. The summed E-state index contributed by atoms with van der Waals surface area (Å²) in [6.45, 7) is 4.20. The van der Waals surface area contributed by atoms with E-state index in [0.717, 1.165) is 0 Å². The van der Waals surface area contributed by atoms with Gasteiger partial charge in [-0.1, -0.05) is 29.3 Å². The number of allylic oxidation sites excluding steroid dienone is 1. The van der Waals surface area contributed by atoms with Gasteiger partial charge in [0.2, 0.25) is 11.9 Å². The molecule has 0 radical (unpaired) electrons. The number of carbonyl (C=O) groups is 1. The van der Waals surface area contributed by atoms with Crippen molar-refractivity contribution >= 4 is 52.5 Å². The van der Waals surface area contributed by atoms with E-state index in [4.69, 9.17) is 32.7 Å². The number of aromatic nitrogens is 2. The molecule has 12 heteroatoms. The number of aliphatic hydroxyl groups is 1. The highest BCUT2D eigenvalue weighted by molar-refractivity contribution is 6.40. The third kappa shape index (κ3) is 5.26. The van der Waals surface area contributed by atoms with Gasteiger partial charge in [0.1, 0.15) is 17.3 Å². The second-order valence-electron chi connectivity index (χ2n) is 9.05. The van der Waals surface area contributed by atoms with Gasteiger partial charge in [0.05, 0.1) is 24.3 Å². The average molecular weight is 563 g/mol. The molecule has 3 heterocycles. The topological polar surface area (TPSA) is 103 Å². The molecule has 0 bridgehead atoms. The van der Waals surface area contributed by atoms with Gasteiger partial charge in [-0.05, 0) is 26.1 Å². The molecule has 10 nitrogen and oxygen atoms in total. The molecule has 0 saturated carbocycles. The number of nitrogens with one attached hydrogen (secondary N) is 1. The molecule has 0 aliphatic carbocycles. The summed E-state index contributed by atoms with van der Waals surface area (Å²) >= 11 is 13.4. The Kier molecular flexibility index (Phi) is 8.67. The smallest absolute Gasteiger partial charge is 0.246 e. The standard InChI is InChI=1S/C26H32Cl2N6O4/c1-6-7-20(35)33-13-16(14-33)32(3)8-9-34-24-15(12-30-26(29-2)31-24)10-17(25(34)36)21-22(27)18(37-4)11-19(38-5)23(21)28/h6-7,10-12,16,25,36H,8-9,13-14H2,1-5H3,(H,29,30,31). The number of amides is 1. The van der Waals surface area contributed by atoms with E-state index in [2.05, 4.69) is 20.2 Å². The molecule has 2 aliphatic heterocycles. The van der Waals surface area contributed by atoms with Gasteiger partial charge in [-0.25, -0.2) is 4.98 Å². The van der Waals surface area contributed by atoms with Gasteiger partial charge in [-0.15, -0.1) is 0 Å². The summed E-state index contributed by atoms with van der Waals surface area (Å²) in [5.74, 6) is 1.77. The fourth-order valence-electron chi connectivity index (χ4n) is 4.54. The van der Waals surface area contributed by atoms with E-state index in [1.54, 1.807) is 47.3 Å². The molecule has 204 valence electrons. The molecule has 1 aromatic carbocycles. The normalized spacial score (nSPS) is 17.4. The first-order valence-electron chi connectivity index (χ1n) is 12.2. The number of likely N-dealkylation sites (N-methyl/N-ethyl adjacent to an activating group) is 1. The lowest BCUT2D eigenvalue weighted by Crippen LogP contribution is -2.60. The number of nitrogens with zero attached hydrogens (tertiary/aromatic N) is 5. The van der Waals surface area contributed by atoms with Gasteiger partial charge in [0.15, 0.2) is 6.23 Å². The lowest BCUT2D eigenvalue weighted by atomic mass is 9.96. The molecule has 2 aromatic rings. The minimum Gasteiger partial charge on any atom is -0.495 e. The number of carbonyl (C=O) groups excluding carboxylic acids is 1. The number of hydrogen-bond donors (Lipinski definition) is 2. The fourth-order valence-corrected chi connectivity index (χ4v) is 5.26. The van der Waals surface area contributed by atoms with Crippen molar-refractivity contribution in [2.24, 2.45) is 0 Å². The maximum Gasteiger partial charge on any atom is 0.246 e. The van der Waals surface area contributed by atoms with Crippen LogP contribution in [-0.2, 0) is 4.79 Å². The summed E-state index contributed by atoms with van der Waals surface area (Å²) in [4.78, 5) is 26.8. The van der Waals surface area contributed by atoms with E-state index >= 15 is 0 Å². The predicted octanol–water partition coefficient (Wildman–Crippen LogP) is 3.24. The number of methoxy groups -OCH3 is 2. The fraction of sp³-hybridized carbons (Fsp3) is 0.423. The Hall–Kier alpha value is -3.05. The number of halogens is 2. The van der Waals surface area contributed by atoms with Gasteiger partial charge >= 0.3 is 0 Å². The number of ether oxygens (including phenoxy) is 2. The molecule has 38 heavy (non-hydrogen) atoms. The number of fused-ring (bicyclic) bond motifs is 1. The van der Waals surface area contributed by atoms with E-state index in [0.29, 0.717) is 66.1 Å². The lowest BCUT2D eigenvalue weighted by molar-refractivity contribution is -0.132. The maximum absolute atomic E-state index is 12.1. The largest absolute Gasteiger partial charge is 0.495 e. The van der Waals surface area contributed by atoms with Crippen LogP contribution in [0.1, 0.15) is 18.1 Å². The Labute approximate surface area is 232 Å². The van der Waals surface area contributed by atoms with Gasteiger partial charge in [0.25, 0.3) is 0 Å². The number of likely N-dealkylation sites (tertiary alicyclic amines) is 1. The summed E-state index contributed by atoms with van der Waals surface area (Å²) in [6.07, 6.45) is 5.68. The second kappa shape index (κ2) is 11.8. The van der Waals surface area contributed by atoms with E-state index < -0.39 is 6.23 Å². The summed E-state index contributed by atoms with van der Waals surface area (Å²) in [5, 5.41) is 15.1. The first-order valence-corrected chi connectivity index (χ1v) is 12.9. The molecular weight excluding hydrogens is 531 g/mol. The van der Waals surface area contributed by atoms with Gasteiger partial charge in [-0.3, -0.25) is 9.69 Å². The molecule has 1 aromatic heterocycles. The highest BCUT2D eigenvalue weighted by Crippen LogP contribution is 2.47. The predicted molar refractivity (Wildman–Crippen MR) is 150 cm³/mol. The van der Waals surface area contributed by atoms with Crippen LogP contribution in [0.3, 0.4) is 0 Å². The maximum atomic E-state index is 12.1. The summed E-state index contributed by atoms with van der Waals surface area (Å²) < 4.78 is 10.9. The molecule has 2 aliphatic rings. The zero-order chi connectivity index (χ0) is 27.6. The van der Waals surface area contributed by atoms with Gasteiger partial charge < -0.3 is 29.7 Å². The van der Waals surface area contributed by atoms with Crippen molar-refractivity contribution in [1.82, 2.24) is 19.8 Å². The highest BCUT2D eigenvalue weighted by atomic mass is 35.5. The average Bonchev–Trinajstić information content (AvgIpc) is 2.87. The van der Waals surface area contributed by atoms with Crippen molar-refractivity contribution in [3.8, 4) is 11.5 Å². The zero-order valence-electron chi connectivity index (χ0n) is 22.0. The Morgan fingerprint density at radius 1 is 1.26 bits per heavy atom. The van der Waals surface area contributed by atoms with Crippen LogP contribution in [0.5, 0.6) is 11.5 Å². The van der Waals surface area contributed by atoms with Crippen molar-refractivity contribution in [2.45, 2.75) is 19.2 Å². The minimum atomic E-state index is -1.11. The van der Waals surface area contributed by atoms with Gasteiger partial charge in [-0.2, -0.15) is 4.98 Å². The molecule has 1 atom stereocenters. The van der Waals surface area contributed by atoms with Crippen LogP contribution in [0.2, 0.25) is 10.0 Å². The number of rotatable bonds is 9. The molecule has 2 N–H and O–H groups in total. The summed E-state index contributed by atoms with van der Waals surface area (Å²) in [7, 11) is 6.75. The molecule has 1 unspecified atom stereocenters. The first kappa shape index (κ1) is 28.0. The van der Waals surface area contributed by atoms with E-state index in [9.17, 15) is 9.90 Å². The van der Waals surface area contributed by atoms with Crippen molar-refractivity contribution in [2.75, 3.05) is 64.7 Å². The number of benzene rings is 1. The molecule has 1 amide bonds. The molecule has 0 spiro atoms. The van der Waals surface area contributed by atoms with Crippen LogP contribution in [0.15, 0.2) is 24.4 Å². The van der Waals surface area contributed by atoms with Crippen LogP contribution in [0.4, 0.5) is 11.8 Å². The molecule has 4 rings (SSSR count). The van der Waals surface area contributed by atoms with Crippen molar-refractivity contribution in [3.05, 3.63) is 45.6 Å². The van der Waals surface area contributed by atoms with Crippen LogP contribution < -0.4 is 19.7 Å². The number of aliphatic hydroxyl groups excluding tert-OH is 1. The molecule has 1 fully saturated rings. The summed E-state index contributed by atoms with van der Waals surface area (Å²) in [5.41, 5.74) is 1.59. The Morgan fingerprint density at radius 3 is 2.50 bits per heavy atom. The van der Waals surface area contributed by atoms with Gasteiger partial charge in [0, 0.05) is 68.2 Å². The van der Waals surface area contributed by atoms with E-state index in [1.807, 2.05) is 14.0 Å². The molecular formula is C26H32Cl2N6O4. The summed E-state index contributed by atoms with van der Waals surface area (Å²) in [6, 6.07) is 1.83. The second-order valence-corrected chi connectivity index (χ2v) is 9.81. The lowest BCUT2D eigenvalue weighted by Gasteiger charge is -2.44. The highest BCUT2D eigenvalue weighted by Gasteiger charge is 2.35. The van der Waals surface area contributed by atoms with Crippen molar-refractivity contribution in [1.29, 1.82) is 0 Å². The quantitative estimate of drug-likeness (QED) is 0.445. The third-order valence-corrected chi connectivity index (χ3v) is 7.59. The van der Waals surface area contributed by atoms with Crippen molar-refractivity contribution in [3.63, 3.8) is 0 Å². The minimum absolute atomic E-state index is 0.0195. The Balaban J connectivity index is 1.64. The third-order valence-electron chi connectivity index (χ3n) is 6.84. The monoisotopic (exact) mass is 562 g/mol. The SMILES string of the molecule is CC=CC(=O)N1CC(N(C)CCN2c3nc(NC)ncc3C=C(c3c(Cl)c(OC)cc(OC)c3Cl)C2O)C1. The van der Waals surface area contributed by atoms with Crippen molar-refractivity contribution < 1.29 is 19.4 Å².